The van der Waals surface area contributed by atoms with E-state index in [1.165, 1.54) is 29.9 Å². The Morgan fingerprint density at radius 3 is 2.38 bits per heavy atom. The van der Waals surface area contributed by atoms with Gasteiger partial charge in [-0.3, -0.25) is 9.36 Å². The zero-order chi connectivity index (χ0) is 28.3. The molecule has 0 saturated heterocycles. The molecule has 2 heterocycles. The van der Waals surface area contributed by atoms with Gasteiger partial charge in [0.1, 0.15) is 11.6 Å². The van der Waals surface area contributed by atoms with Crippen LogP contribution in [0.4, 0.5) is 4.39 Å². The lowest BCUT2D eigenvalue weighted by atomic mass is 10.1. The normalized spacial score (nSPS) is 12.3. The van der Waals surface area contributed by atoms with E-state index in [0.717, 1.165) is 6.42 Å². The fourth-order valence-electron chi connectivity index (χ4n) is 4.62. The molecule has 204 valence electrons. The maximum Gasteiger partial charge on any atom is 0.296 e. The SMILES string of the molecule is CCCCc1nc(=O)c(S(=O)(=O)c2ccc(-c3ccc(F)nc3C)cc2)c(O)n1[C@@H](C)c1ccccc1OC. The van der Waals surface area contributed by atoms with E-state index in [0.29, 0.717) is 41.0 Å². The highest BCUT2D eigenvalue weighted by Crippen LogP contribution is 2.35. The van der Waals surface area contributed by atoms with Gasteiger partial charge in [0.05, 0.1) is 18.0 Å². The van der Waals surface area contributed by atoms with Gasteiger partial charge in [-0.2, -0.15) is 9.37 Å². The molecule has 0 fully saturated rings. The number of ether oxygens (including phenoxy) is 1. The molecule has 0 bridgehead atoms. The first-order valence-electron chi connectivity index (χ1n) is 12.6. The number of aromatic nitrogens is 3. The third kappa shape index (κ3) is 5.42. The van der Waals surface area contributed by atoms with Gasteiger partial charge in [0.2, 0.25) is 21.7 Å². The first-order chi connectivity index (χ1) is 18.6. The number of aryl methyl sites for hydroxylation is 2. The molecule has 2 aromatic heterocycles. The third-order valence-corrected chi connectivity index (χ3v) is 8.45. The van der Waals surface area contributed by atoms with Crippen LogP contribution in [0.1, 0.15) is 49.8 Å². The van der Waals surface area contributed by atoms with Crippen LogP contribution >= 0.6 is 0 Å². The Balaban J connectivity index is 1.85. The number of sulfone groups is 1. The van der Waals surface area contributed by atoms with Crippen molar-refractivity contribution >= 4 is 9.84 Å². The van der Waals surface area contributed by atoms with Gasteiger partial charge >= 0.3 is 0 Å². The lowest BCUT2D eigenvalue weighted by Crippen LogP contribution is -2.27. The Morgan fingerprint density at radius 2 is 1.74 bits per heavy atom. The van der Waals surface area contributed by atoms with Gasteiger partial charge in [0, 0.05) is 23.2 Å². The van der Waals surface area contributed by atoms with Crippen molar-refractivity contribution in [2.75, 3.05) is 7.11 Å². The van der Waals surface area contributed by atoms with Gasteiger partial charge in [-0.05, 0) is 56.2 Å². The van der Waals surface area contributed by atoms with Gasteiger partial charge in [0.25, 0.3) is 5.56 Å². The van der Waals surface area contributed by atoms with E-state index in [9.17, 15) is 22.7 Å². The summed E-state index contributed by atoms with van der Waals surface area (Å²) in [5.74, 6) is -0.456. The summed E-state index contributed by atoms with van der Waals surface area (Å²) in [4.78, 5) is 20.1. The van der Waals surface area contributed by atoms with E-state index < -0.39 is 38.2 Å². The van der Waals surface area contributed by atoms with Crippen LogP contribution in [0.15, 0.2) is 75.2 Å². The lowest BCUT2D eigenvalue weighted by Gasteiger charge is -2.24. The van der Waals surface area contributed by atoms with Crippen molar-refractivity contribution in [1.82, 2.24) is 14.5 Å². The van der Waals surface area contributed by atoms with Crippen molar-refractivity contribution < 1.29 is 22.7 Å². The summed E-state index contributed by atoms with van der Waals surface area (Å²) in [6.45, 7) is 5.42. The Labute approximate surface area is 226 Å². The number of rotatable bonds is 9. The average molecular weight is 552 g/mol. The number of unbranched alkanes of at least 4 members (excludes halogenated alkanes) is 1. The van der Waals surface area contributed by atoms with Gasteiger partial charge in [-0.1, -0.05) is 43.7 Å². The number of aromatic hydroxyl groups is 1. The second-order valence-corrected chi connectivity index (χ2v) is 11.1. The first-order valence-corrected chi connectivity index (χ1v) is 14.0. The van der Waals surface area contributed by atoms with Crippen LogP contribution < -0.4 is 10.3 Å². The summed E-state index contributed by atoms with van der Waals surface area (Å²) >= 11 is 0. The molecule has 1 N–H and O–H groups in total. The Kier molecular flexibility index (Phi) is 8.15. The summed E-state index contributed by atoms with van der Waals surface area (Å²) in [5, 5.41) is 11.4. The molecular formula is C29H30FN3O5S. The highest BCUT2D eigenvalue weighted by atomic mass is 32.2. The Hall–Kier alpha value is -4.05. The molecule has 1 atom stereocenters. The summed E-state index contributed by atoms with van der Waals surface area (Å²) < 4.78 is 47.7. The monoisotopic (exact) mass is 551 g/mol. The molecule has 0 saturated carbocycles. The zero-order valence-electron chi connectivity index (χ0n) is 22.2. The van der Waals surface area contributed by atoms with E-state index in [2.05, 4.69) is 9.97 Å². The molecule has 4 aromatic rings. The maximum atomic E-state index is 13.7. The summed E-state index contributed by atoms with van der Waals surface area (Å²) in [5.41, 5.74) is 1.37. The van der Waals surface area contributed by atoms with Gasteiger partial charge in [-0.15, -0.1) is 0 Å². The quantitative estimate of drug-likeness (QED) is 0.283. The molecule has 0 spiro atoms. The van der Waals surface area contributed by atoms with Crippen LogP contribution in [0.25, 0.3) is 11.1 Å². The number of benzene rings is 2. The molecule has 0 radical (unpaired) electrons. The number of pyridine rings is 1. The third-order valence-electron chi connectivity index (χ3n) is 6.66. The average Bonchev–Trinajstić information content (AvgIpc) is 2.91. The van der Waals surface area contributed by atoms with Crippen molar-refractivity contribution in [1.29, 1.82) is 0 Å². The number of para-hydroxylation sites is 1. The fraction of sp³-hybridized carbons (Fsp3) is 0.276. The van der Waals surface area contributed by atoms with E-state index in [-0.39, 0.29) is 10.7 Å². The Morgan fingerprint density at radius 1 is 1.05 bits per heavy atom. The maximum absolute atomic E-state index is 13.7. The lowest BCUT2D eigenvalue weighted by molar-refractivity contribution is 0.360. The molecule has 0 aliphatic carbocycles. The molecule has 2 aromatic carbocycles. The van der Waals surface area contributed by atoms with Crippen LogP contribution in [0.3, 0.4) is 0 Å². The fourth-order valence-corrected chi connectivity index (χ4v) is 5.96. The Bertz CT molecular complexity index is 1670. The minimum Gasteiger partial charge on any atom is -0.496 e. The summed E-state index contributed by atoms with van der Waals surface area (Å²) in [7, 11) is -2.94. The number of halogens is 1. The number of nitrogens with zero attached hydrogens (tertiary/aromatic N) is 3. The summed E-state index contributed by atoms with van der Waals surface area (Å²) in [6, 6.07) is 15.2. The topological polar surface area (TPSA) is 111 Å². The van der Waals surface area contributed by atoms with Crippen molar-refractivity contribution in [2.45, 2.75) is 55.9 Å². The van der Waals surface area contributed by atoms with E-state index >= 15 is 0 Å². The van der Waals surface area contributed by atoms with E-state index in [1.807, 2.05) is 19.1 Å². The number of methoxy groups -OCH3 is 1. The van der Waals surface area contributed by atoms with Crippen LogP contribution in [0, 0.1) is 12.9 Å². The standard InChI is InChI=1S/C29H30FN3O5S/c1-5-6-11-26-32-28(34)27(29(35)33(26)19(3)23-9-7-8-10-24(23)38-4)39(36,37)21-14-12-20(13-15-21)22-16-17-25(30)31-18(22)2/h7-10,12-17,19,35H,5-6,11H2,1-4H3/t19-/m0/s1. The smallest absolute Gasteiger partial charge is 0.296 e. The molecule has 4 rings (SSSR count). The highest BCUT2D eigenvalue weighted by molar-refractivity contribution is 7.91. The number of hydrogen-bond donors (Lipinski definition) is 1. The van der Waals surface area contributed by atoms with Gasteiger partial charge < -0.3 is 9.84 Å². The van der Waals surface area contributed by atoms with Gasteiger partial charge in [0.15, 0.2) is 4.90 Å². The van der Waals surface area contributed by atoms with Crippen molar-refractivity contribution in [3.8, 4) is 22.8 Å². The molecule has 10 heteroatoms. The minimum absolute atomic E-state index is 0.189. The molecule has 8 nitrogen and oxygen atoms in total. The van der Waals surface area contributed by atoms with Crippen LogP contribution in [-0.4, -0.2) is 35.2 Å². The van der Waals surface area contributed by atoms with Crippen LogP contribution in [0.5, 0.6) is 11.6 Å². The highest BCUT2D eigenvalue weighted by Gasteiger charge is 2.31. The minimum atomic E-state index is -4.46. The molecule has 0 unspecified atom stereocenters. The summed E-state index contributed by atoms with van der Waals surface area (Å²) in [6.07, 6.45) is 1.88. The van der Waals surface area contributed by atoms with Crippen molar-refractivity contribution in [3.63, 3.8) is 0 Å². The van der Waals surface area contributed by atoms with Crippen LogP contribution in [0.2, 0.25) is 0 Å². The molecule has 0 aliphatic heterocycles. The van der Waals surface area contributed by atoms with E-state index in [4.69, 9.17) is 4.74 Å². The largest absolute Gasteiger partial charge is 0.496 e. The number of hydrogen-bond acceptors (Lipinski definition) is 7. The van der Waals surface area contributed by atoms with Crippen molar-refractivity contribution in [2.24, 2.45) is 0 Å². The molecule has 0 amide bonds. The first kappa shape index (κ1) is 28.0. The predicted octanol–water partition coefficient (Wildman–Crippen LogP) is 5.25. The molecular weight excluding hydrogens is 521 g/mol. The predicted molar refractivity (Wildman–Crippen MR) is 145 cm³/mol. The van der Waals surface area contributed by atoms with E-state index in [1.54, 1.807) is 44.2 Å². The van der Waals surface area contributed by atoms with Gasteiger partial charge in [-0.25, -0.2) is 13.4 Å². The van der Waals surface area contributed by atoms with Crippen LogP contribution in [-0.2, 0) is 16.3 Å². The molecule has 39 heavy (non-hydrogen) atoms. The van der Waals surface area contributed by atoms with Crippen molar-refractivity contribution in [3.05, 3.63) is 94.0 Å². The second kappa shape index (κ2) is 11.4. The molecule has 0 aliphatic rings. The zero-order valence-corrected chi connectivity index (χ0v) is 23.0. The second-order valence-electron chi connectivity index (χ2n) is 9.17.